The highest BCUT2D eigenvalue weighted by Crippen LogP contribution is 2.31. The molecule has 1 aliphatic heterocycles. The molecule has 1 aromatic rings. The fraction of sp³-hybridized carbons (Fsp3) is 0.417. The van der Waals surface area contributed by atoms with E-state index in [-0.39, 0.29) is 0 Å². The second-order valence-corrected chi connectivity index (χ2v) is 3.49. The van der Waals surface area contributed by atoms with Crippen LogP contribution >= 0.6 is 0 Å². The van der Waals surface area contributed by atoms with Crippen molar-refractivity contribution in [1.29, 1.82) is 0 Å². The van der Waals surface area contributed by atoms with Gasteiger partial charge in [0.15, 0.2) is 17.8 Å². The van der Waals surface area contributed by atoms with Gasteiger partial charge >= 0.3 is 0 Å². The van der Waals surface area contributed by atoms with E-state index in [1.807, 2.05) is 0 Å². The van der Waals surface area contributed by atoms with Gasteiger partial charge in [-0.25, -0.2) is 0 Å². The van der Waals surface area contributed by atoms with Crippen LogP contribution in [-0.2, 0) is 9.47 Å². The fourth-order valence-corrected chi connectivity index (χ4v) is 1.58. The highest BCUT2D eigenvalue weighted by molar-refractivity contribution is 5.81. The van der Waals surface area contributed by atoms with E-state index in [0.29, 0.717) is 36.9 Å². The SMILES string of the molecule is COc1cccc(C=O)c1OC1COCCO1. The Kier molecular flexibility index (Phi) is 3.95. The van der Waals surface area contributed by atoms with Crippen molar-refractivity contribution in [2.24, 2.45) is 0 Å². The molecule has 92 valence electrons. The van der Waals surface area contributed by atoms with E-state index < -0.39 is 6.29 Å². The van der Waals surface area contributed by atoms with Crippen LogP contribution in [0.15, 0.2) is 18.2 Å². The second kappa shape index (κ2) is 5.65. The second-order valence-electron chi connectivity index (χ2n) is 3.49. The van der Waals surface area contributed by atoms with Crippen LogP contribution in [0, 0.1) is 0 Å². The standard InChI is InChI=1S/C12H14O5/c1-14-10-4-2-3-9(7-13)12(10)17-11-8-15-5-6-16-11/h2-4,7,11H,5-6,8H2,1H3. The topological polar surface area (TPSA) is 54.0 Å². The summed E-state index contributed by atoms with van der Waals surface area (Å²) >= 11 is 0. The first-order chi connectivity index (χ1) is 8.35. The van der Waals surface area contributed by atoms with E-state index in [1.165, 1.54) is 7.11 Å². The molecule has 1 fully saturated rings. The van der Waals surface area contributed by atoms with Crippen molar-refractivity contribution in [3.05, 3.63) is 23.8 Å². The largest absolute Gasteiger partial charge is 0.493 e. The Hall–Kier alpha value is -1.59. The van der Waals surface area contributed by atoms with Gasteiger partial charge in [0.05, 0.1) is 25.9 Å². The van der Waals surface area contributed by atoms with Gasteiger partial charge in [-0.15, -0.1) is 0 Å². The zero-order valence-electron chi connectivity index (χ0n) is 9.55. The summed E-state index contributed by atoms with van der Waals surface area (Å²) < 4.78 is 21.3. The lowest BCUT2D eigenvalue weighted by Gasteiger charge is -2.25. The van der Waals surface area contributed by atoms with Gasteiger partial charge in [0.1, 0.15) is 6.61 Å². The Bertz CT molecular complexity index is 384. The Morgan fingerprint density at radius 3 is 2.94 bits per heavy atom. The van der Waals surface area contributed by atoms with Crippen LogP contribution in [0.3, 0.4) is 0 Å². The fourth-order valence-electron chi connectivity index (χ4n) is 1.58. The molecule has 0 bridgehead atoms. The Labute approximate surface area is 99.2 Å². The van der Waals surface area contributed by atoms with E-state index in [2.05, 4.69) is 0 Å². The lowest BCUT2D eigenvalue weighted by atomic mass is 10.2. The number of ether oxygens (including phenoxy) is 4. The van der Waals surface area contributed by atoms with Crippen LogP contribution in [-0.4, -0.2) is 39.5 Å². The molecule has 1 saturated heterocycles. The Morgan fingerprint density at radius 2 is 2.29 bits per heavy atom. The molecule has 17 heavy (non-hydrogen) atoms. The number of methoxy groups -OCH3 is 1. The number of rotatable bonds is 4. The van der Waals surface area contributed by atoms with Gasteiger partial charge in [0.25, 0.3) is 0 Å². The smallest absolute Gasteiger partial charge is 0.223 e. The Morgan fingerprint density at radius 1 is 1.41 bits per heavy atom. The van der Waals surface area contributed by atoms with E-state index in [4.69, 9.17) is 18.9 Å². The summed E-state index contributed by atoms with van der Waals surface area (Å²) in [6, 6.07) is 5.12. The maximum Gasteiger partial charge on any atom is 0.223 e. The van der Waals surface area contributed by atoms with Gasteiger partial charge in [-0.1, -0.05) is 6.07 Å². The number of hydrogen-bond acceptors (Lipinski definition) is 5. The van der Waals surface area contributed by atoms with Crippen LogP contribution in [0.25, 0.3) is 0 Å². The van der Waals surface area contributed by atoms with E-state index in [1.54, 1.807) is 18.2 Å². The third kappa shape index (κ3) is 2.75. The zero-order valence-corrected chi connectivity index (χ0v) is 9.55. The van der Waals surface area contributed by atoms with Gasteiger partial charge in [-0.3, -0.25) is 4.79 Å². The number of carbonyl (C=O) groups excluding carboxylic acids is 1. The highest BCUT2D eigenvalue weighted by Gasteiger charge is 2.19. The molecular formula is C12H14O5. The summed E-state index contributed by atoms with van der Waals surface area (Å²) in [7, 11) is 1.52. The molecular weight excluding hydrogens is 224 g/mol. The monoisotopic (exact) mass is 238 g/mol. The maximum absolute atomic E-state index is 10.9. The summed E-state index contributed by atoms with van der Waals surface area (Å²) in [4.78, 5) is 10.9. The van der Waals surface area contributed by atoms with Crippen molar-refractivity contribution < 1.29 is 23.7 Å². The van der Waals surface area contributed by atoms with Crippen LogP contribution < -0.4 is 9.47 Å². The van der Waals surface area contributed by atoms with Crippen LogP contribution in [0.5, 0.6) is 11.5 Å². The first kappa shape index (κ1) is 11.9. The summed E-state index contributed by atoms with van der Waals surface area (Å²) in [6.45, 7) is 1.39. The van der Waals surface area contributed by atoms with E-state index >= 15 is 0 Å². The molecule has 0 saturated carbocycles. The average molecular weight is 238 g/mol. The number of benzene rings is 1. The van der Waals surface area contributed by atoms with E-state index in [0.717, 1.165) is 6.29 Å². The molecule has 5 nitrogen and oxygen atoms in total. The lowest BCUT2D eigenvalue weighted by Crippen LogP contribution is -2.33. The van der Waals surface area contributed by atoms with Gasteiger partial charge in [-0.2, -0.15) is 0 Å². The summed E-state index contributed by atoms with van der Waals surface area (Å²) in [5.74, 6) is 0.893. The van der Waals surface area contributed by atoms with Crippen LogP contribution in [0.4, 0.5) is 0 Å². The van der Waals surface area contributed by atoms with Gasteiger partial charge in [0.2, 0.25) is 6.29 Å². The number of aldehydes is 1. The van der Waals surface area contributed by atoms with Crippen molar-refractivity contribution in [1.82, 2.24) is 0 Å². The average Bonchev–Trinajstić information content (AvgIpc) is 2.40. The van der Waals surface area contributed by atoms with Gasteiger partial charge in [-0.05, 0) is 12.1 Å². The van der Waals surface area contributed by atoms with Crippen molar-refractivity contribution in [3.8, 4) is 11.5 Å². The lowest BCUT2D eigenvalue weighted by molar-refractivity contribution is -0.171. The first-order valence-corrected chi connectivity index (χ1v) is 5.33. The minimum absolute atomic E-state index is 0.344. The summed E-state index contributed by atoms with van der Waals surface area (Å²) in [6.07, 6.45) is 0.223. The third-order valence-corrected chi connectivity index (χ3v) is 2.39. The molecule has 2 rings (SSSR count). The molecule has 5 heteroatoms. The molecule has 0 N–H and O–H groups in total. The molecule has 0 radical (unpaired) electrons. The van der Waals surface area contributed by atoms with Crippen LogP contribution in [0.1, 0.15) is 10.4 Å². The first-order valence-electron chi connectivity index (χ1n) is 5.33. The van der Waals surface area contributed by atoms with Crippen molar-refractivity contribution in [2.75, 3.05) is 26.9 Å². The quantitative estimate of drug-likeness (QED) is 0.739. The molecule has 1 aromatic carbocycles. The van der Waals surface area contributed by atoms with Crippen LogP contribution in [0.2, 0.25) is 0 Å². The van der Waals surface area contributed by atoms with E-state index in [9.17, 15) is 4.79 Å². The summed E-state index contributed by atoms with van der Waals surface area (Å²) in [5.41, 5.74) is 0.429. The number of para-hydroxylation sites is 1. The normalized spacial score (nSPS) is 19.7. The third-order valence-electron chi connectivity index (χ3n) is 2.39. The predicted molar refractivity (Wildman–Crippen MR) is 59.6 cm³/mol. The highest BCUT2D eigenvalue weighted by atomic mass is 16.7. The zero-order chi connectivity index (χ0) is 12.1. The molecule has 0 aromatic heterocycles. The minimum atomic E-state index is -0.501. The van der Waals surface area contributed by atoms with Crippen molar-refractivity contribution in [2.45, 2.75) is 6.29 Å². The minimum Gasteiger partial charge on any atom is -0.493 e. The molecule has 0 spiro atoms. The Balaban J connectivity index is 2.19. The predicted octanol–water partition coefficient (Wildman–Crippen LogP) is 1.26. The molecule has 1 atom stereocenters. The van der Waals surface area contributed by atoms with Gasteiger partial charge in [0, 0.05) is 0 Å². The van der Waals surface area contributed by atoms with Crippen molar-refractivity contribution in [3.63, 3.8) is 0 Å². The molecule has 0 amide bonds. The number of hydrogen-bond donors (Lipinski definition) is 0. The molecule has 1 aliphatic rings. The van der Waals surface area contributed by atoms with Gasteiger partial charge < -0.3 is 18.9 Å². The number of carbonyl (C=O) groups is 1. The maximum atomic E-state index is 10.9. The van der Waals surface area contributed by atoms with Crippen molar-refractivity contribution >= 4 is 6.29 Å². The molecule has 0 aliphatic carbocycles. The molecule has 1 heterocycles. The summed E-state index contributed by atoms with van der Waals surface area (Å²) in [5, 5.41) is 0. The molecule has 1 unspecified atom stereocenters.